The summed E-state index contributed by atoms with van der Waals surface area (Å²) in [4.78, 5) is 0. The highest BCUT2D eigenvalue weighted by Gasteiger charge is 2.25. The van der Waals surface area contributed by atoms with Crippen molar-refractivity contribution in [2.24, 2.45) is 0 Å². The summed E-state index contributed by atoms with van der Waals surface area (Å²) in [6.07, 6.45) is 2.25. The Morgan fingerprint density at radius 3 is 1.49 bits per heavy atom. The van der Waals surface area contributed by atoms with E-state index in [2.05, 4.69) is 5.09 Å². The van der Waals surface area contributed by atoms with Gasteiger partial charge in [0.2, 0.25) is 20.0 Å². The van der Waals surface area contributed by atoms with Crippen molar-refractivity contribution >= 4 is 71.4 Å². The van der Waals surface area contributed by atoms with Gasteiger partial charge in [-0.25, -0.2) is 29.4 Å². The van der Waals surface area contributed by atoms with Gasteiger partial charge in [-0.15, -0.1) is 0 Å². The Morgan fingerprint density at radius 1 is 0.590 bits per heavy atom. The molecular weight excluding hydrogens is 549 g/mol. The molecule has 0 aliphatic heterocycles. The van der Waals surface area contributed by atoms with E-state index in [9.17, 15) is 16.8 Å². The highest BCUT2D eigenvalue weighted by atomic mass is 32.2. The van der Waals surface area contributed by atoms with E-state index < -0.39 is 28.0 Å². The van der Waals surface area contributed by atoms with E-state index in [-0.39, 0.29) is 6.54 Å². The molecule has 0 aliphatic rings. The smallest absolute Gasteiger partial charge is 0.241 e. The topological polar surface area (TPSA) is 90.2 Å². The minimum atomic E-state index is -3.96. The number of benzene rings is 5. The fraction of sp³-hybridized carbons (Fsp3) is 0.103. The van der Waals surface area contributed by atoms with Gasteiger partial charge in [-0.05, 0) is 39.2 Å². The summed E-state index contributed by atoms with van der Waals surface area (Å²) < 4.78 is 57.0. The lowest BCUT2D eigenvalue weighted by Gasteiger charge is -2.18. The molecule has 198 valence electrons. The molecule has 0 bridgehead atoms. The van der Waals surface area contributed by atoms with Gasteiger partial charge in [-0.3, -0.25) is 0 Å². The van der Waals surface area contributed by atoms with E-state index >= 15 is 0 Å². The SMILES string of the molecule is CS(=O)(=O)n1c2ccc3ccccc3c2c2c3ccccc3ccc2n(S(C)(=O)=O)p1NCc1ccccc1. The van der Waals surface area contributed by atoms with E-state index in [1.54, 1.807) is 12.1 Å². The van der Waals surface area contributed by atoms with Crippen LogP contribution in [0.3, 0.4) is 0 Å². The first-order chi connectivity index (χ1) is 18.6. The summed E-state index contributed by atoms with van der Waals surface area (Å²) in [5, 5.41) is 8.24. The number of nitrogens with zero attached hydrogens (tertiary/aromatic N) is 2. The molecule has 1 N–H and O–H groups in total. The standard InChI is InChI=1S/C29H26N3O4PS2/c1-38(33,34)31-26-18-16-22-12-6-8-14-24(22)28(26)29-25-15-9-7-13-23(25)17-19-27(29)32(39(2,35)36)37(31)30-20-21-10-4-3-5-11-21/h3-19,30H,20H2,1-2H3. The highest BCUT2D eigenvalue weighted by Crippen LogP contribution is 2.42. The number of aromatic nitrogens is 2. The summed E-state index contributed by atoms with van der Waals surface area (Å²) in [6.45, 7) is 0.274. The monoisotopic (exact) mass is 575 g/mol. The van der Waals surface area contributed by atoms with Crippen LogP contribution in [0.5, 0.6) is 0 Å². The Hall–Kier alpha value is -3.62. The van der Waals surface area contributed by atoms with Crippen molar-refractivity contribution in [2.45, 2.75) is 6.54 Å². The van der Waals surface area contributed by atoms with Crippen molar-refractivity contribution in [3.8, 4) is 0 Å². The molecule has 39 heavy (non-hydrogen) atoms. The number of nitrogens with one attached hydrogen (secondary N) is 1. The number of hydrogen-bond donors (Lipinski definition) is 1. The normalized spacial score (nSPS) is 12.5. The zero-order valence-electron chi connectivity index (χ0n) is 21.3. The maximum atomic E-state index is 13.6. The average molecular weight is 576 g/mol. The lowest BCUT2D eigenvalue weighted by atomic mass is 9.98. The molecule has 6 rings (SSSR count). The lowest BCUT2D eigenvalue weighted by molar-refractivity contribution is 0.598. The molecular formula is C29H26N3O4PS2. The summed E-state index contributed by atoms with van der Waals surface area (Å²) in [7, 11) is -10.1. The molecule has 0 radical (unpaired) electrons. The largest absolute Gasteiger partial charge is 0.242 e. The van der Waals surface area contributed by atoms with Crippen LogP contribution in [-0.2, 0) is 26.6 Å². The summed E-state index contributed by atoms with van der Waals surface area (Å²) >= 11 is 0. The van der Waals surface area contributed by atoms with E-state index in [0.717, 1.165) is 39.6 Å². The molecule has 1 heterocycles. The summed E-state index contributed by atoms with van der Waals surface area (Å²) in [5.41, 5.74) is 1.78. The molecule has 1 aromatic heterocycles. The van der Waals surface area contributed by atoms with Gasteiger partial charge >= 0.3 is 0 Å². The first kappa shape index (κ1) is 25.6. The van der Waals surface area contributed by atoms with Crippen molar-refractivity contribution in [1.82, 2.24) is 7.47 Å². The van der Waals surface area contributed by atoms with Crippen molar-refractivity contribution < 1.29 is 16.8 Å². The van der Waals surface area contributed by atoms with Gasteiger partial charge in [-0.2, -0.15) is 0 Å². The van der Waals surface area contributed by atoms with Crippen LogP contribution in [-0.4, -0.2) is 36.8 Å². The Kier molecular flexibility index (Phi) is 6.27. The quantitative estimate of drug-likeness (QED) is 0.258. The van der Waals surface area contributed by atoms with Crippen LogP contribution in [0.1, 0.15) is 5.56 Å². The third kappa shape index (κ3) is 4.51. The predicted molar refractivity (Wildman–Crippen MR) is 163 cm³/mol. The maximum absolute atomic E-state index is 13.6. The van der Waals surface area contributed by atoms with Crippen LogP contribution in [0.4, 0.5) is 0 Å². The van der Waals surface area contributed by atoms with Gasteiger partial charge in [0.05, 0.1) is 23.5 Å². The third-order valence-corrected chi connectivity index (χ3v) is 12.6. The van der Waals surface area contributed by atoms with Crippen LogP contribution >= 0.6 is 8.00 Å². The molecule has 5 aromatic carbocycles. The second kappa shape index (κ2) is 9.54. The minimum absolute atomic E-state index is 0.274. The second-order valence-corrected chi connectivity index (χ2v) is 15.4. The van der Waals surface area contributed by atoms with Crippen LogP contribution < -0.4 is 5.09 Å². The maximum Gasteiger partial charge on any atom is 0.241 e. The molecule has 0 saturated carbocycles. The second-order valence-electron chi connectivity index (χ2n) is 9.48. The lowest BCUT2D eigenvalue weighted by Crippen LogP contribution is -2.19. The van der Waals surface area contributed by atoms with E-state index in [4.69, 9.17) is 0 Å². The zero-order valence-corrected chi connectivity index (χ0v) is 23.8. The van der Waals surface area contributed by atoms with Crippen molar-refractivity contribution in [1.29, 1.82) is 0 Å². The van der Waals surface area contributed by atoms with Gasteiger partial charge in [-0.1, -0.05) is 91.0 Å². The van der Waals surface area contributed by atoms with Gasteiger partial charge in [0, 0.05) is 17.3 Å². The van der Waals surface area contributed by atoms with Gasteiger partial charge in [0.15, 0.2) is 0 Å². The molecule has 0 atom stereocenters. The Bertz CT molecular complexity index is 2040. The van der Waals surface area contributed by atoms with Crippen molar-refractivity contribution in [3.05, 3.63) is 109 Å². The number of fused-ring (bicyclic) bond motifs is 7. The minimum Gasteiger partial charge on any atom is -0.242 e. The predicted octanol–water partition coefficient (Wildman–Crippen LogP) is 6.37. The average Bonchev–Trinajstić information content (AvgIpc) is 3.04. The molecule has 0 saturated heterocycles. The Labute approximate surface area is 228 Å². The van der Waals surface area contributed by atoms with Gasteiger partial charge < -0.3 is 0 Å². The van der Waals surface area contributed by atoms with Crippen LogP contribution in [0.25, 0.3) is 43.4 Å². The van der Waals surface area contributed by atoms with Crippen molar-refractivity contribution in [2.75, 3.05) is 17.6 Å². The van der Waals surface area contributed by atoms with Gasteiger partial charge in [0.25, 0.3) is 0 Å². The molecule has 0 spiro atoms. The van der Waals surface area contributed by atoms with Crippen LogP contribution in [0.2, 0.25) is 0 Å². The number of rotatable bonds is 5. The summed E-state index contributed by atoms with van der Waals surface area (Å²) in [5.74, 6) is 0. The molecule has 0 fully saturated rings. The third-order valence-electron chi connectivity index (χ3n) is 6.72. The fourth-order valence-electron chi connectivity index (χ4n) is 5.17. The van der Waals surface area contributed by atoms with Gasteiger partial charge in [0.1, 0.15) is 8.00 Å². The zero-order chi connectivity index (χ0) is 27.4. The molecule has 6 aromatic rings. The fourth-order valence-corrected chi connectivity index (χ4v) is 10.8. The molecule has 0 amide bonds. The highest BCUT2D eigenvalue weighted by molar-refractivity contribution is 7.96. The van der Waals surface area contributed by atoms with E-state index in [1.165, 1.54) is 7.47 Å². The van der Waals surface area contributed by atoms with Crippen molar-refractivity contribution in [3.63, 3.8) is 0 Å². The Morgan fingerprint density at radius 2 is 1.03 bits per heavy atom. The first-order valence-electron chi connectivity index (χ1n) is 12.3. The van der Waals surface area contributed by atoms with Crippen LogP contribution in [0.15, 0.2) is 103 Å². The summed E-state index contributed by atoms with van der Waals surface area (Å²) in [6, 6.07) is 32.4. The first-order valence-corrected chi connectivity index (χ1v) is 17.2. The number of hydrogen-bond acceptors (Lipinski definition) is 5. The molecule has 10 heteroatoms. The van der Waals surface area contributed by atoms with E-state index in [1.807, 2.05) is 91.0 Å². The van der Waals surface area contributed by atoms with Crippen LogP contribution in [0, 0.1) is 0 Å². The molecule has 0 unspecified atom stereocenters. The molecule has 7 nitrogen and oxygen atoms in total. The molecule has 0 aliphatic carbocycles. The Balaban J connectivity index is 1.96. The van der Waals surface area contributed by atoms with E-state index in [0.29, 0.717) is 21.8 Å².